The molecule has 4 nitrogen and oxygen atoms in total. The number of nitrogens with one attached hydrogen (secondary N) is 1. The van der Waals surface area contributed by atoms with Crippen molar-refractivity contribution >= 4 is 5.82 Å². The minimum absolute atomic E-state index is 0.454. The van der Waals surface area contributed by atoms with Crippen molar-refractivity contribution in [2.24, 2.45) is 0 Å². The lowest BCUT2D eigenvalue weighted by atomic mass is 9.98. The van der Waals surface area contributed by atoms with Gasteiger partial charge in [0.2, 0.25) is 5.88 Å². The van der Waals surface area contributed by atoms with Crippen molar-refractivity contribution in [1.82, 2.24) is 9.97 Å². The number of aromatic nitrogens is 2. The zero-order chi connectivity index (χ0) is 15.1. The first-order chi connectivity index (χ1) is 10.2. The Hall–Kier alpha value is -2.10. The molecule has 0 amide bonds. The van der Waals surface area contributed by atoms with Gasteiger partial charge in [-0.1, -0.05) is 39.0 Å². The Morgan fingerprint density at radius 1 is 1.19 bits per heavy atom. The predicted molar refractivity (Wildman–Crippen MR) is 86.0 cm³/mol. The Labute approximate surface area is 126 Å². The van der Waals surface area contributed by atoms with E-state index < -0.39 is 0 Å². The average Bonchev–Trinajstić information content (AvgIpc) is 2.53. The third-order valence-corrected chi connectivity index (χ3v) is 3.45. The molecule has 0 aliphatic rings. The Morgan fingerprint density at radius 2 is 2.00 bits per heavy atom. The molecule has 2 rings (SSSR count). The third-order valence-electron chi connectivity index (χ3n) is 3.45. The van der Waals surface area contributed by atoms with Crippen LogP contribution in [0.25, 0.3) is 0 Å². The molecule has 1 atom stereocenters. The highest BCUT2D eigenvalue weighted by atomic mass is 16.5. The molecule has 2 aromatic rings. The maximum atomic E-state index is 5.94. The molecule has 0 saturated carbocycles. The molecule has 1 unspecified atom stereocenters. The number of hydrogen-bond donors (Lipinski definition) is 1. The van der Waals surface area contributed by atoms with Crippen LogP contribution in [-0.4, -0.2) is 16.5 Å². The third kappa shape index (κ3) is 4.18. The van der Waals surface area contributed by atoms with E-state index in [1.165, 1.54) is 5.56 Å². The van der Waals surface area contributed by atoms with Crippen LogP contribution in [-0.2, 0) is 0 Å². The molecule has 112 valence electrons. The van der Waals surface area contributed by atoms with Crippen LogP contribution in [0, 0.1) is 0 Å². The molecule has 0 radical (unpaired) electrons. The summed E-state index contributed by atoms with van der Waals surface area (Å²) in [5.74, 6) is 2.58. The van der Waals surface area contributed by atoms with Gasteiger partial charge in [-0.2, -0.15) is 4.98 Å². The molecular formula is C17H23N3O. The maximum absolute atomic E-state index is 5.94. The van der Waals surface area contributed by atoms with Gasteiger partial charge in [0.25, 0.3) is 0 Å². The van der Waals surface area contributed by atoms with Crippen LogP contribution in [0.1, 0.15) is 45.1 Å². The van der Waals surface area contributed by atoms with E-state index in [1.54, 1.807) is 12.4 Å². The van der Waals surface area contributed by atoms with Crippen molar-refractivity contribution < 1.29 is 4.74 Å². The van der Waals surface area contributed by atoms with Crippen molar-refractivity contribution in [3.8, 4) is 11.6 Å². The van der Waals surface area contributed by atoms with Crippen molar-refractivity contribution in [2.75, 3.05) is 11.9 Å². The molecule has 1 aromatic carbocycles. The molecule has 0 saturated heterocycles. The number of hydrogen-bond acceptors (Lipinski definition) is 4. The molecule has 1 aromatic heterocycles. The molecule has 0 bridgehead atoms. The highest BCUT2D eigenvalue weighted by Crippen LogP contribution is 2.31. The van der Waals surface area contributed by atoms with E-state index in [9.17, 15) is 0 Å². The van der Waals surface area contributed by atoms with Crippen LogP contribution in [0.5, 0.6) is 11.6 Å². The highest BCUT2D eigenvalue weighted by molar-refractivity contribution is 5.39. The van der Waals surface area contributed by atoms with E-state index in [0.29, 0.717) is 11.8 Å². The summed E-state index contributed by atoms with van der Waals surface area (Å²) in [5, 5.41) is 3.22. The van der Waals surface area contributed by atoms with Crippen molar-refractivity contribution in [3.05, 3.63) is 42.2 Å². The summed E-state index contributed by atoms with van der Waals surface area (Å²) in [4.78, 5) is 8.61. The molecule has 4 heteroatoms. The van der Waals surface area contributed by atoms with Gasteiger partial charge in [-0.05, 0) is 30.4 Å². The van der Waals surface area contributed by atoms with Gasteiger partial charge in [-0.15, -0.1) is 0 Å². The van der Waals surface area contributed by atoms with E-state index in [-0.39, 0.29) is 0 Å². The van der Waals surface area contributed by atoms with Gasteiger partial charge in [0.1, 0.15) is 11.6 Å². The molecule has 0 aliphatic carbocycles. The van der Waals surface area contributed by atoms with Gasteiger partial charge in [0.05, 0.1) is 12.4 Å². The van der Waals surface area contributed by atoms with E-state index in [2.05, 4.69) is 42.1 Å². The molecule has 1 N–H and O–H groups in total. The second kappa shape index (κ2) is 7.62. The van der Waals surface area contributed by atoms with E-state index in [4.69, 9.17) is 4.74 Å². The number of rotatable bonds is 7. The topological polar surface area (TPSA) is 47.0 Å². The minimum Gasteiger partial charge on any atom is -0.437 e. The van der Waals surface area contributed by atoms with Crippen LogP contribution in [0.3, 0.4) is 0 Å². The van der Waals surface area contributed by atoms with Crippen molar-refractivity contribution in [2.45, 2.75) is 39.5 Å². The molecule has 0 aliphatic heterocycles. The highest BCUT2D eigenvalue weighted by Gasteiger charge is 2.11. The summed E-state index contributed by atoms with van der Waals surface area (Å²) in [6.07, 6.45) is 5.47. The van der Waals surface area contributed by atoms with E-state index in [0.717, 1.165) is 31.0 Å². The fraction of sp³-hybridized carbons (Fsp3) is 0.412. The lowest BCUT2D eigenvalue weighted by molar-refractivity contribution is 0.450. The normalized spacial score (nSPS) is 12.0. The molecule has 21 heavy (non-hydrogen) atoms. The quantitative estimate of drug-likeness (QED) is 0.807. The number of ether oxygens (including phenoxy) is 1. The zero-order valence-electron chi connectivity index (χ0n) is 13.0. The van der Waals surface area contributed by atoms with E-state index >= 15 is 0 Å². The van der Waals surface area contributed by atoms with Gasteiger partial charge in [-0.25, -0.2) is 0 Å². The lowest BCUT2D eigenvalue weighted by Crippen LogP contribution is -2.03. The largest absolute Gasteiger partial charge is 0.437 e. The second-order valence-corrected chi connectivity index (χ2v) is 5.12. The first-order valence-electron chi connectivity index (χ1n) is 7.57. The van der Waals surface area contributed by atoms with Gasteiger partial charge in [0.15, 0.2) is 0 Å². The minimum atomic E-state index is 0.454. The SMILES string of the molecule is CCCNc1cncc(Oc2ccccc2C(C)CC)n1. The van der Waals surface area contributed by atoms with Crippen LogP contribution >= 0.6 is 0 Å². The lowest BCUT2D eigenvalue weighted by Gasteiger charge is -2.15. The predicted octanol–water partition coefficient (Wildman–Crippen LogP) is 4.60. The number of para-hydroxylation sites is 1. The van der Waals surface area contributed by atoms with Crippen LogP contribution in [0.4, 0.5) is 5.82 Å². The summed E-state index contributed by atoms with van der Waals surface area (Å²) < 4.78 is 5.94. The van der Waals surface area contributed by atoms with Gasteiger partial charge >= 0.3 is 0 Å². The first-order valence-corrected chi connectivity index (χ1v) is 7.57. The van der Waals surface area contributed by atoms with Gasteiger partial charge in [-0.3, -0.25) is 4.98 Å². The Morgan fingerprint density at radius 3 is 2.76 bits per heavy atom. The summed E-state index contributed by atoms with van der Waals surface area (Å²) in [6.45, 7) is 7.37. The zero-order valence-corrected chi connectivity index (χ0v) is 13.0. The molecular weight excluding hydrogens is 262 g/mol. The Bertz CT molecular complexity index is 571. The number of benzene rings is 1. The molecule has 1 heterocycles. The number of nitrogens with zero attached hydrogens (tertiary/aromatic N) is 2. The standard InChI is InChI=1S/C17H23N3O/c1-4-10-19-16-11-18-12-17(20-16)21-15-9-7-6-8-14(15)13(3)5-2/h6-9,11-13H,4-5,10H2,1-3H3,(H,19,20). The number of anilines is 1. The maximum Gasteiger partial charge on any atom is 0.239 e. The van der Waals surface area contributed by atoms with Gasteiger partial charge in [0, 0.05) is 6.54 Å². The van der Waals surface area contributed by atoms with E-state index in [1.807, 2.05) is 18.2 Å². The average molecular weight is 285 g/mol. The van der Waals surface area contributed by atoms with Crippen LogP contribution in [0.15, 0.2) is 36.7 Å². The monoisotopic (exact) mass is 285 g/mol. The fourth-order valence-electron chi connectivity index (χ4n) is 2.05. The van der Waals surface area contributed by atoms with Crippen molar-refractivity contribution in [3.63, 3.8) is 0 Å². The van der Waals surface area contributed by atoms with Crippen molar-refractivity contribution in [1.29, 1.82) is 0 Å². The summed E-state index contributed by atoms with van der Waals surface area (Å²) in [7, 11) is 0. The molecule has 0 fully saturated rings. The fourth-order valence-corrected chi connectivity index (χ4v) is 2.05. The molecule has 0 spiro atoms. The Balaban J connectivity index is 2.18. The summed E-state index contributed by atoms with van der Waals surface area (Å²) in [6, 6.07) is 8.11. The summed E-state index contributed by atoms with van der Waals surface area (Å²) >= 11 is 0. The van der Waals surface area contributed by atoms with Gasteiger partial charge < -0.3 is 10.1 Å². The Kier molecular flexibility index (Phi) is 5.55. The second-order valence-electron chi connectivity index (χ2n) is 5.12. The van der Waals surface area contributed by atoms with Crippen LogP contribution in [0.2, 0.25) is 0 Å². The smallest absolute Gasteiger partial charge is 0.239 e. The van der Waals surface area contributed by atoms with Crippen LogP contribution < -0.4 is 10.1 Å². The summed E-state index contributed by atoms with van der Waals surface area (Å²) in [5.41, 5.74) is 1.20. The first kappa shape index (κ1) is 15.3.